The minimum absolute atomic E-state index is 0.0301. The molecule has 0 radical (unpaired) electrons. The lowest BCUT2D eigenvalue weighted by Crippen LogP contribution is -2.43. The van der Waals surface area contributed by atoms with Crippen LogP contribution in [-0.4, -0.2) is 60.0 Å². The fourth-order valence-electron chi connectivity index (χ4n) is 3.22. The van der Waals surface area contributed by atoms with E-state index in [9.17, 15) is 31.1 Å². The summed E-state index contributed by atoms with van der Waals surface area (Å²) in [7, 11) is -4.87. The molecule has 1 aromatic carbocycles. The minimum atomic E-state index is -5.02. The van der Waals surface area contributed by atoms with Crippen molar-refractivity contribution in [2.45, 2.75) is 23.7 Å². The van der Waals surface area contributed by atoms with E-state index in [1.807, 2.05) is 0 Å². The number of halogens is 4. The van der Waals surface area contributed by atoms with Gasteiger partial charge in [0.05, 0.1) is 11.1 Å². The van der Waals surface area contributed by atoms with Gasteiger partial charge in [-0.3, -0.25) is 0 Å². The van der Waals surface area contributed by atoms with E-state index >= 15 is 0 Å². The molecule has 1 saturated heterocycles. The maximum atomic E-state index is 14.3. The number of rotatable bonds is 4. The SMILES string of the molecule is NS(=O)(=O)c1c(C(F)(F)F)ccc(N2CCC(CO)C(F)C2)c1-c1nn[nH]n1. The number of nitrogens with one attached hydrogen (secondary N) is 1. The van der Waals surface area contributed by atoms with Gasteiger partial charge in [0.25, 0.3) is 0 Å². The monoisotopic (exact) mass is 424 g/mol. The van der Waals surface area contributed by atoms with Crippen molar-refractivity contribution in [1.29, 1.82) is 0 Å². The molecule has 154 valence electrons. The van der Waals surface area contributed by atoms with Crippen LogP contribution in [0.1, 0.15) is 12.0 Å². The van der Waals surface area contributed by atoms with E-state index < -0.39 is 50.1 Å². The average Bonchev–Trinajstić information content (AvgIpc) is 3.13. The van der Waals surface area contributed by atoms with Gasteiger partial charge in [-0.25, -0.2) is 17.9 Å². The maximum absolute atomic E-state index is 14.3. The van der Waals surface area contributed by atoms with Crippen LogP contribution in [0.3, 0.4) is 0 Å². The molecule has 0 spiro atoms. The van der Waals surface area contributed by atoms with Gasteiger partial charge in [0.1, 0.15) is 11.1 Å². The number of benzene rings is 1. The van der Waals surface area contributed by atoms with E-state index in [0.29, 0.717) is 6.07 Å². The number of primary sulfonamides is 1. The molecule has 28 heavy (non-hydrogen) atoms. The van der Waals surface area contributed by atoms with Crippen LogP contribution in [0.5, 0.6) is 0 Å². The number of tetrazole rings is 1. The fraction of sp³-hybridized carbons (Fsp3) is 0.500. The number of aromatic nitrogens is 4. The van der Waals surface area contributed by atoms with Crippen LogP contribution >= 0.6 is 0 Å². The quantitative estimate of drug-likeness (QED) is 0.614. The first-order valence-electron chi connectivity index (χ1n) is 8.04. The topological polar surface area (TPSA) is 138 Å². The van der Waals surface area contributed by atoms with Gasteiger partial charge >= 0.3 is 6.18 Å². The molecule has 4 N–H and O–H groups in total. The smallest absolute Gasteiger partial charge is 0.396 e. The molecule has 3 rings (SSSR count). The van der Waals surface area contributed by atoms with Gasteiger partial charge in [-0.15, -0.1) is 10.2 Å². The Hall–Kier alpha value is -2.32. The molecule has 1 aliphatic rings. The van der Waals surface area contributed by atoms with Crippen LogP contribution in [-0.2, 0) is 16.2 Å². The highest BCUT2D eigenvalue weighted by Crippen LogP contribution is 2.43. The van der Waals surface area contributed by atoms with Crippen molar-refractivity contribution in [2.24, 2.45) is 11.1 Å². The number of hydrogen-bond donors (Lipinski definition) is 3. The van der Waals surface area contributed by atoms with Crippen molar-refractivity contribution in [1.82, 2.24) is 20.6 Å². The number of aliphatic hydroxyl groups excluding tert-OH is 1. The van der Waals surface area contributed by atoms with Gasteiger partial charge in [0, 0.05) is 31.3 Å². The zero-order valence-corrected chi connectivity index (χ0v) is 15.0. The summed E-state index contributed by atoms with van der Waals surface area (Å²) in [5.74, 6) is -1.04. The number of nitrogens with two attached hydrogens (primary N) is 1. The Kier molecular flexibility index (Phi) is 5.29. The zero-order valence-electron chi connectivity index (χ0n) is 14.2. The van der Waals surface area contributed by atoms with Gasteiger partial charge in [-0.05, 0) is 23.8 Å². The fourth-order valence-corrected chi connectivity index (χ4v) is 4.19. The second-order valence-corrected chi connectivity index (χ2v) is 7.81. The normalized spacial score (nSPS) is 21.1. The summed E-state index contributed by atoms with van der Waals surface area (Å²) >= 11 is 0. The molecule has 1 fully saturated rings. The minimum Gasteiger partial charge on any atom is -0.396 e. The highest BCUT2D eigenvalue weighted by Gasteiger charge is 2.41. The summed E-state index contributed by atoms with van der Waals surface area (Å²) in [6, 6.07) is 1.60. The molecule has 9 nitrogen and oxygen atoms in total. The average molecular weight is 424 g/mol. The third-order valence-corrected chi connectivity index (χ3v) is 5.54. The molecular formula is C14H16F4N6O3S. The van der Waals surface area contributed by atoms with Gasteiger partial charge in [0.2, 0.25) is 15.8 Å². The predicted octanol–water partition coefficient (Wildman–Crippen LogP) is 0.690. The summed E-state index contributed by atoms with van der Waals surface area (Å²) in [5, 5.41) is 26.8. The molecule has 2 unspecified atom stereocenters. The Morgan fingerprint density at radius 1 is 1.36 bits per heavy atom. The number of anilines is 1. The number of alkyl halides is 4. The number of H-pyrrole nitrogens is 1. The summed E-state index contributed by atoms with van der Waals surface area (Å²) < 4.78 is 78.8. The van der Waals surface area contributed by atoms with Crippen LogP contribution in [0.4, 0.5) is 23.2 Å². The number of sulfonamides is 1. The summed E-state index contributed by atoms with van der Waals surface area (Å²) in [6.07, 6.45) is -6.27. The second kappa shape index (κ2) is 7.25. The Morgan fingerprint density at radius 3 is 2.57 bits per heavy atom. The van der Waals surface area contributed by atoms with E-state index in [0.717, 1.165) is 6.07 Å². The van der Waals surface area contributed by atoms with E-state index in [4.69, 9.17) is 5.14 Å². The molecule has 1 aliphatic heterocycles. The zero-order chi connectivity index (χ0) is 20.7. The van der Waals surface area contributed by atoms with Crippen molar-refractivity contribution in [3.8, 4) is 11.4 Å². The molecule has 2 atom stereocenters. The van der Waals surface area contributed by atoms with E-state index in [2.05, 4.69) is 20.6 Å². The largest absolute Gasteiger partial charge is 0.417 e. The van der Waals surface area contributed by atoms with Gasteiger partial charge in [0.15, 0.2) is 0 Å². The van der Waals surface area contributed by atoms with Crippen molar-refractivity contribution >= 4 is 15.7 Å². The van der Waals surface area contributed by atoms with Crippen molar-refractivity contribution in [2.75, 3.05) is 24.6 Å². The summed E-state index contributed by atoms with van der Waals surface area (Å²) in [4.78, 5) is 0.163. The highest BCUT2D eigenvalue weighted by molar-refractivity contribution is 7.89. The Balaban J connectivity index is 2.25. The van der Waals surface area contributed by atoms with Crippen molar-refractivity contribution < 1.29 is 31.1 Å². The number of aromatic amines is 1. The van der Waals surface area contributed by atoms with Gasteiger partial charge < -0.3 is 10.0 Å². The Labute approximate surface area is 156 Å². The molecular weight excluding hydrogens is 408 g/mol. The molecule has 14 heteroatoms. The first-order chi connectivity index (χ1) is 13.0. The lowest BCUT2D eigenvalue weighted by atomic mass is 9.94. The molecule has 2 aromatic rings. The first-order valence-corrected chi connectivity index (χ1v) is 9.59. The third kappa shape index (κ3) is 3.79. The molecule has 0 saturated carbocycles. The summed E-state index contributed by atoms with van der Waals surface area (Å²) in [5.41, 5.74) is -2.03. The standard InChI is InChI=1S/C14H16F4N6O3S/c15-9-5-24(4-3-7(9)6-25)10-2-1-8(14(16,17)18)12(28(19,26)27)11(10)13-20-22-23-21-13/h1-2,7,9,25H,3-6H2,(H2,19,26,27)(H,20,21,22,23). The van der Waals surface area contributed by atoms with E-state index in [-0.39, 0.29) is 31.8 Å². The van der Waals surface area contributed by atoms with Crippen LogP contribution in [0.25, 0.3) is 11.4 Å². The second-order valence-electron chi connectivity index (χ2n) is 6.31. The number of hydrogen-bond acceptors (Lipinski definition) is 7. The third-order valence-electron chi connectivity index (χ3n) is 4.55. The van der Waals surface area contributed by atoms with Crippen molar-refractivity contribution in [3.05, 3.63) is 17.7 Å². The van der Waals surface area contributed by atoms with E-state index in [1.54, 1.807) is 0 Å². The Morgan fingerprint density at radius 2 is 2.07 bits per heavy atom. The number of aliphatic hydroxyl groups is 1. The number of piperidine rings is 1. The highest BCUT2D eigenvalue weighted by atomic mass is 32.2. The van der Waals surface area contributed by atoms with E-state index in [1.165, 1.54) is 4.90 Å². The molecule has 0 bridgehead atoms. The van der Waals surface area contributed by atoms with Crippen LogP contribution in [0.2, 0.25) is 0 Å². The van der Waals surface area contributed by atoms with Gasteiger partial charge in [-0.2, -0.15) is 18.4 Å². The molecule has 2 heterocycles. The molecule has 0 aliphatic carbocycles. The lowest BCUT2D eigenvalue weighted by molar-refractivity contribution is -0.139. The maximum Gasteiger partial charge on any atom is 0.417 e. The van der Waals surface area contributed by atoms with Gasteiger partial charge in [-0.1, -0.05) is 0 Å². The number of nitrogens with zero attached hydrogens (tertiary/aromatic N) is 4. The van der Waals surface area contributed by atoms with Crippen LogP contribution in [0, 0.1) is 5.92 Å². The van der Waals surface area contributed by atoms with Crippen molar-refractivity contribution in [3.63, 3.8) is 0 Å². The molecule has 1 aromatic heterocycles. The summed E-state index contributed by atoms with van der Waals surface area (Å²) in [6.45, 7) is -0.459. The Bertz CT molecular complexity index is 951. The first kappa shape index (κ1) is 20.4. The van der Waals surface area contributed by atoms with Crippen LogP contribution in [0.15, 0.2) is 17.0 Å². The molecule has 0 amide bonds. The predicted molar refractivity (Wildman–Crippen MR) is 88.3 cm³/mol. The lowest BCUT2D eigenvalue weighted by Gasteiger charge is -2.36. The van der Waals surface area contributed by atoms with Crippen LogP contribution < -0.4 is 10.0 Å².